The molecule has 1 amide bonds. The fourth-order valence-electron chi connectivity index (χ4n) is 2.74. The Morgan fingerprint density at radius 3 is 2.29 bits per heavy atom. The first-order valence-electron chi connectivity index (χ1n) is 7.54. The van der Waals surface area contributed by atoms with Crippen LogP contribution in [-0.2, 0) is 4.79 Å². The minimum Gasteiger partial charge on any atom is -0.481 e. The van der Waals surface area contributed by atoms with Gasteiger partial charge in [0.05, 0.1) is 0 Å². The van der Waals surface area contributed by atoms with Crippen molar-refractivity contribution in [1.82, 2.24) is 5.32 Å². The number of hydrogen-bond acceptors (Lipinski definition) is 2. The van der Waals surface area contributed by atoms with Crippen LogP contribution in [0, 0.1) is 12.3 Å². The molecule has 1 atom stereocenters. The predicted molar refractivity (Wildman–Crippen MR) is 87.6 cm³/mol. The van der Waals surface area contributed by atoms with Crippen LogP contribution in [0.2, 0.25) is 0 Å². The van der Waals surface area contributed by atoms with Gasteiger partial charge in [-0.25, -0.2) is 0 Å². The SMILES string of the molecule is Cc1ccccc1OC(C)C(=O)NC(C)(C)CC(C)(C)C. The van der Waals surface area contributed by atoms with Crippen LogP contribution < -0.4 is 10.1 Å². The standard InChI is InChI=1S/C18H29NO2/c1-13-10-8-9-11-15(13)21-14(2)16(20)19-18(6,7)12-17(3,4)5/h8-11,14H,12H2,1-7H3,(H,19,20). The molecule has 0 radical (unpaired) electrons. The third kappa shape index (κ3) is 6.19. The molecule has 0 aromatic heterocycles. The molecular weight excluding hydrogens is 262 g/mol. The number of carbonyl (C=O) groups excluding carboxylic acids is 1. The van der Waals surface area contributed by atoms with Crippen molar-refractivity contribution in [3.8, 4) is 5.75 Å². The molecule has 0 aliphatic rings. The van der Waals surface area contributed by atoms with Crippen molar-refractivity contribution < 1.29 is 9.53 Å². The van der Waals surface area contributed by atoms with Gasteiger partial charge in [0.2, 0.25) is 0 Å². The molecule has 118 valence electrons. The zero-order valence-electron chi connectivity index (χ0n) is 14.4. The van der Waals surface area contributed by atoms with E-state index in [2.05, 4.69) is 39.9 Å². The summed E-state index contributed by atoms with van der Waals surface area (Å²) in [5, 5.41) is 3.09. The monoisotopic (exact) mass is 291 g/mol. The second-order valence-electron chi connectivity index (χ2n) is 7.64. The van der Waals surface area contributed by atoms with Crippen LogP contribution in [-0.4, -0.2) is 17.6 Å². The fourth-order valence-corrected chi connectivity index (χ4v) is 2.74. The van der Waals surface area contributed by atoms with Gasteiger partial charge >= 0.3 is 0 Å². The summed E-state index contributed by atoms with van der Waals surface area (Å²) < 4.78 is 5.77. The van der Waals surface area contributed by atoms with E-state index in [1.54, 1.807) is 6.92 Å². The third-order valence-electron chi connectivity index (χ3n) is 3.20. The molecule has 0 saturated heterocycles. The zero-order valence-corrected chi connectivity index (χ0v) is 14.4. The Hall–Kier alpha value is -1.51. The number of amides is 1. The lowest BCUT2D eigenvalue weighted by Gasteiger charge is -2.34. The molecule has 0 heterocycles. The quantitative estimate of drug-likeness (QED) is 0.887. The van der Waals surface area contributed by atoms with Crippen LogP contribution in [0.25, 0.3) is 0 Å². The molecule has 0 bridgehead atoms. The first-order valence-corrected chi connectivity index (χ1v) is 7.54. The number of carbonyl (C=O) groups is 1. The molecule has 0 spiro atoms. The molecular formula is C18H29NO2. The average molecular weight is 291 g/mol. The normalized spacial score (nSPS) is 13.7. The molecule has 0 aliphatic heterocycles. The molecule has 1 N–H and O–H groups in total. The van der Waals surface area contributed by atoms with Gasteiger partial charge in [-0.3, -0.25) is 4.79 Å². The van der Waals surface area contributed by atoms with E-state index in [4.69, 9.17) is 4.74 Å². The number of rotatable bonds is 5. The van der Waals surface area contributed by atoms with Crippen LogP contribution in [0.5, 0.6) is 5.75 Å². The maximum Gasteiger partial charge on any atom is 0.261 e. The van der Waals surface area contributed by atoms with E-state index in [9.17, 15) is 4.79 Å². The minimum absolute atomic E-state index is 0.0764. The number of nitrogens with one attached hydrogen (secondary N) is 1. The summed E-state index contributed by atoms with van der Waals surface area (Å²) >= 11 is 0. The first-order chi connectivity index (χ1) is 9.50. The number of aryl methyl sites for hydroxylation is 1. The fraction of sp³-hybridized carbons (Fsp3) is 0.611. The summed E-state index contributed by atoms with van der Waals surface area (Å²) in [4.78, 5) is 12.3. The third-order valence-corrected chi connectivity index (χ3v) is 3.20. The van der Waals surface area contributed by atoms with E-state index in [0.717, 1.165) is 17.7 Å². The highest BCUT2D eigenvalue weighted by Gasteiger charge is 2.29. The summed E-state index contributed by atoms with van der Waals surface area (Å²) in [6.07, 6.45) is 0.397. The van der Waals surface area contributed by atoms with Gasteiger partial charge in [-0.2, -0.15) is 0 Å². The molecule has 3 heteroatoms. The Kier molecular flexibility index (Phi) is 5.43. The molecule has 1 aromatic rings. The van der Waals surface area contributed by atoms with Crippen LogP contribution >= 0.6 is 0 Å². The Morgan fingerprint density at radius 1 is 1.19 bits per heavy atom. The summed E-state index contributed by atoms with van der Waals surface area (Å²) in [6, 6.07) is 7.73. The Balaban J connectivity index is 2.65. The van der Waals surface area contributed by atoms with Gasteiger partial charge in [-0.05, 0) is 51.2 Å². The number of para-hydroxylation sites is 1. The molecule has 3 nitrogen and oxygen atoms in total. The molecule has 21 heavy (non-hydrogen) atoms. The first kappa shape index (κ1) is 17.5. The Bertz CT molecular complexity index is 486. The van der Waals surface area contributed by atoms with Crippen LogP contribution in [0.15, 0.2) is 24.3 Å². The molecule has 0 fully saturated rings. The minimum atomic E-state index is -0.509. The Morgan fingerprint density at radius 2 is 1.76 bits per heavy atom. The van der Waals surface area contributed by atoms with E-state index in [-0.39, 0.29) is 16.9 Å². The smallest absolute Gasteiger partial charge is 0.261 e. The molecule has 1 rings (SSSR count). The second-order valence-corrected chi connectivity index (χ2v) is 7.64. The van der Waals surface area contributed by atoms with Crippen molar-refractivity contribution in [3.05, 3.63) is 29.8 Å². The summed E-state index contributed by atoms with van der Waals surface area (Å²) in [5.74, 6) is 0.682. The van der Waals surface area contributed by atoms with E-state index in [1.165, 1.54) is 0 Å². The highest BCUT2D eigenvalue weighted by Crippen LogP contribution is 2.27. The average Bonchev–Trinajstić information content (AvgIpc) is 2.28. The van der Waals surface area contributed by atoms with Gasteiger partial charge < -0.3 is 10.1 Å². The number of hydrogen-bond donors (Lipinski definition) is 1. The van der Waals surface area contributed by atoms with Crippen molar-refractivity contribution in [2.24, 2.45) is 5.41 Å². The highest BCUT2D eigenvalue weighted by molar-refractivity contribution is 5.81. The van der Waals surface area contributed by atoms with Gasteiger partial charge in [0.15, 0.2) is 6.10 Å². The largest absolute Gasteiger partial charge is 0.481 e. The van der Waals surface area contributed by atoms with Gasteiger partial charge in [-0.15, -0.1) is 0 Å². The van der Waals surface area contributed by atoms with E-state index >= 15 is 0 Å². The van der Waals surface area contributed by atoms with E-state index < -0.39 is 6.10 Å². The summed E-state index contributed by atoms with van der Waals surface area (Å²) in [7, 11) is 0. The molecule has 1 aromatic carbocycles. The number of benzene rings is 1. The Labute approximate surface area is 129 Å². The van der Waals surface area contributed by atoms with Gasteiger partial charge in [0, 0.05) is 5.54 Å². The van der Waals surface area contributed by atoms with Crippen molar-refractivity contribution in [1.29, 1.82) is 0 Å². The van der Waals surface area contributed by atoms with E-state index in [0.29, 0.717) is 0 Å². The number of ether oxygens (including phenoxy) is 1. The maximum atomic E-state index is 12.3. The van der Waals surface area contributed by atoms with Gasteiger partial charge in [-0.1, -0.05) is 39.0 Å². The van der Waals surface area contributed by atoms with Gasteiger partial charge in [0.1, 0.15) is 5.75 Å². The summed E-state index contributed by atoms with van der Waals surface area (Å²) in [6.45, 7) is 14.4. The van der Waals surface area contributed by atoms with Crippen molar-refractivity contribution in [3.63, 3.8) is 0 Å². The van der Waals surface area contributed by atoms with Crippen molar-refractivity contribution in [2.45, 2.75) is 66.5 Å². The lowest BCUT2D eigenvalue weighted by Crippen LogP contribution is -2.50. The van der Waals surface area contributed by atoms with E-state index in [1.807, 2.05) is 31.2 Å². The maximum absolute atomic E-state index is 12.3. The van der Waals surface area contributed by atoms with Crippen LogP contribution in [0.3, 0.4) is 0 Å². The molecule has 0 saturated carbocycles. The van der Waals surface area contributed by atoms with Crippen molar-refractivity contribution >= 4 is 5.91 Å². The topological polar surface area (TPSA) is 38.3 Å². The molecule has 1 unspecified atom stereocenters. The van der Waals surface area contributed by atoms with Crippen LogP contribution in [0.4, 0.5) is 0 Å². The predicted octanol–water partition coefficient (Wildman–Crippen LogP) is 4.09. The lowest BCUT2D eigenvalue weighted by atomic mass is 9.81. The van der Waals surface area contributed by atoms with Crippen LogP contribution in [0.1, 0.15) is 53.5 Å². The van der Waals surface area contributed by atoms with Gasteiger partial charge in [0.25, 0.3) is 5.91 Å². The molecule has 0 aliphatic carbocycles. The summed E-state index contributed by atoms with van der Waals surface area (Å²) in [5.41, 5.74) is 0.946. The lowest BCUT2D eigenvalue weighted by molar-refractivity contribution is -0.129. The highest BCUT2D eigenvalue weighted by atomic mass is 16.5. The second kappa shape index (κ2) is 6.50. The van der Waals surface area contributed by atoms with Crippen molar-refractivity contribution in [2.75, 3.05) is 0 Å². The zero-order chi connectivity index (χ0) is 16.3.